The highest BCUT2D eigenvalue weighted by atomic mass is 16.2. The number of rotatable bonds is 4. The number of likely N-dealkylation sites (N-methyl/N-ethyl adjacent to an activating group) is 1. The Hall–Kier alpha value is -1.14. The maximum absolute atomic E-state index is 12.4. The van der Waals surface area contributed by atoms with Crippen LogP contribution in [0.1, 0.15) is 32.1 Å². The summed E-state index contributed by atoms with van der Waals surface area (Å²) in [6, 6.07) is 0.302. The first-order valence-electron chi connectivity index (χ1n) is 8.07. The number of amides is 2. The third-order valence-corrected chi connectivity index (χ3v) is 5.25. The Bertz CT molecular complexity index is 435. The second kappa shape index (κ2) is 5.57. The molecular weight excluding hydrogens is 268 g/mol. The highest BCUT2D eigenvalue weighted by molar-refractivity contribution is 5.89. The van der Waals surface area contributed by atoms with Gasteiger partial charge in [0.15, 0.2) is 0 Å². The fourth-order valence-electron chi connectivity index (χ4n) is 3.72. The summed E-state index contributed by atoms with van der Waals surface area (Å²) >= 11 is 0. The minimum Gasteiger partial charge on any atom is -0.341 e. The lowest BCUT2D eigenvalue weighted by Gasteiger charge is -2.47. The highest BCUT2D eigenvalue weighted by Crippen LogP contribution is 2.37. The smallest absolute Gasteiger partial charge is 0.242 e. The highest BCUT2D eigenvalue weighted by Gasteiger charge is 2.50. The van der Waals surface area contributed by atoms with Crippen molar-refractivity contribution in [3.63, 3.8) is 0 Å². The zero-order valence-corrected chi connectivity index (χ0v) is 12.8. The van der Waals surface area contributed by atoms with E-state index in [0.29, 0.717) is 18.4 Å². The van der Waals surface area contributed by atoms with Crippen LogP contribution in [0, 0.1) is 5.92 Å². The topological polar surface area (TPSA) is 78.7 Å². The van der Waals surface area contributed by atoms with Gasteiger partial charge in [0.05, 0.1) is 5.54 Å². The Morgan fingerprint density at radius 2 is 2.19 bits per heavy atom. The molecule has 0 unspecified atom stereocenters. The lowest BCUT2D eigenvalue weighted by atomic mass is 9.83. The van der Waals surface area contributed by atoms with E-state index in [2.05, 4.69) is 5.32 Å². The second-order valence-corrected chi connectivity index (χ2v) is 6.75. The Balaban J connectivity index is 1.64. The first-order valence-corrected chi connectivity index (χ1v) is 8.07. The van der Waals surface area contributed by atoms with E-state index in [1.165, 1.54) is 0 Å². The standard InChI is InChI=1S/C15H26N4O2/c1-17-7-9-19-12-4-8-18(14(21)15(16)5-6-15)10-11(12)2-3-13(19)20/h11-12,17H,2-10,16H2,1H3/t11-,12+/m0/s1. The van der Waals surface area contributed by atoms with Crippen molar-refractivity contribution in [3.8, 4) is 0 Å². The maximum atomic E-state index is 12.4. The van der Waals surface area contributed by atoms with Gasteiger partial charge in [-0.2, -0.15) is 0 Å². The van der Waals surface area contributed by atoms with Crippen LogP contribution in [0.5, 0.6) is 0 Å². The summed E-state index contributed by atoms with van der Waals surface area (Å²) in [5, 5.41) is 3.11. The predicted octanol–water partition coefficient (Wildman–Crippen LogP) is -0.463. The van der Waals surface area contributed by atoms with Crippen LogP contribution in [0.25, 0.3) is 0 Å². The Labute approximate surface area is 126 Å². The van der Waals surface area contributed by atoms with Crippen LogP contribution >= 0.6 is 0 Å². The number of fused-ring (bicyclic) bond motifs is 1. The first-order chi connectivity index (χ1) is 10.0. The Morgan fingerprint density at radius 3 is 2.86 bits per heavy atom. The summed E-state index contributed by atoms with van der Waals surface area (Å²) in [6.07, 6.45) is 4.05. The molecule has 0 bridgehead atoms. The average molecular weight is 294 g/mol. The minimum absolute atomic E-state index is 0.125. The summed E-state index contributed by atoms with van der Waals surface area (Å²) in [7, 11) is 1.91. The second-order valence-electron chi connectivity index (χ2n) is 6.75. The SMILES string of the molecule is CNCCN1C(=O)CC[C@H]2CN(C(=O)C3(N)CC3)CC[C@H]21. The van der Waals surface area contributed by atoms with E-state index in [1.807, 2.05) is 16.8 Å². The molecule has 3 N–H and O–H groups in total. The molecule has 6 heteroatoms. The molecule has 21 heavy (non-hydrogen) atoms. The quantitative estimate of drug-likeness (QED) is 0.735. The molecule has 1 saturated carbocycles. The van der Waals surface area contributed by atoms with Crippen molar-refractivity contribution in [2.45, 2.75) is 43.7 Å². The molecule has 2 aliphatic heterocycles. The number of hydrogen-bond donors (Lipinski definition) is 2. The molecule has 0 aromatic carbocycles. The molecule has 3 fully saturated rings. The molecule has 2 saturated heterocycles. The summed E-state index contributed by atoms with van der Waals surface area (Å²) in [4.78, 5) is 28.5. The van der Waals surface area contributed by atoms with E-state index >= 15 is 0 Å². The van der Waals surface area contributed by atoms with Crippen molar-refractivity contribution in [1.29, 1.82) is 0 Å². The number of hydrogen-bond acceptors (Lipinski definition) is 4. The van der Waals surface area contributed by atoms with Crippen molar-refractivity contribution >= 4 is 11.8 Å². The van der Waals surface area contributed by atoms with Crippen LogP contribution in [0.3, 0.4) is 0 Å². The van der Waals surface area contributed by atoms with Gasteiger partial charge in [-0.25, -0.2) is 0 Å². The number of carbonyl (C=O) groups is 2. The van der Waals surface area contributed by atoms with Crippen LogP contribution in [0.4, 0.5) is 0 Å². The molecule has 0 aromatic heterocycles. The largest absolute Gasteiger partial charge is 0.341 e. The average Bonchev–Trinajstić information content (AvgIpc) is 3.24. The molecule has 0 radical (unpaired) electrons. The van der Waals surface area contributed by atoms with Crippen LogP contribution in [0.15, 0.2) is 0 Å². The normalized spacial score (nSPS) is 31.0. The van der Waals surface area contributed by atoms with E-state index < -0.39 is 5.54 Å². The van der Waals surface area contributed by atoms with Gasteiger partial charge < -0.3 is 20.9 Å². The molecule has 1 aliphatic carbocycles. The van der Waals surface area contributed by atoms with E-state index in [0.717, 1.165) is 51.9 Å². The van der Waals surface area contributed by atoms with Gasteiger partial charge in [0, 0.05) is 38.6 Å². The van der Waals surface area contributed by atoms with E-state index in [1.54, 1.807) is 0 Å². The summed E-state index contributed by atoms with van der Waals surface area (Å²) in [6.45, 7) is 3.10. The number of nitrogens with two attached hydrogens (primary N) is 1. The maximum Gasteiger partial charge on any atom is 0.242 e. The molecule has 3 aliphatic rings. The van der Waals surface area contributed by atoms with Crippen LogP contribution in [0.2, 0.25) is 0 Å². The van der Waals surface area contributed by atoms with Crippen molar-refractivity contribution in [2.24, 2.45) is 11.7 Å². The molecule has 6 nitrogen and oxygen atoms in total. The summed E-state index contributed by atoms with van der Waals surface area (Å²) in [5.74, 6) is 0.808. The van der Waals surface area contributed by atoms with E-state index in [-0.39, 0.29) is 11.8 Å². The van der Waals surface area contributed by atoms with Crippen LogP contribution in [-0.4, -0.2) is 66.4 Å². The fourth-order valence-corrected chi connectivity index (χ4v) is 3.72. The van der Waals surface area contributed by atoms with Gasteiger partial charge in [0.1, 0.15) is 0 Å². The van der Waals surface area contributed by atoms with E-state index in [4.69, 9.17) is 5.73 Å². The first kappa shape index (κ1) is 14.8. The van der Waals surface area contributed by atoms with Gasteiger partial charge in [-0.05, 0) is 38.6 Å². The van der Waals surface area contributed by atoms with Crippen molar-refractivity contribution in [3.05, 3.63) is 0 Å². The van der Waals surface area contributed by atoms with Gasteiger partial charge in [0.25, 0.3) is 0 Å². The zero-order chi connectivity index (χ0) is 15.0. The van der Waals surface area contributed by atoms with Crippen LogP contribution < -0.4 is 11.1 Å². The monoisotopic (exact) mass is 294 g/mol. The number of piperidine rings is 2. The lowest BCUT2D eigenvalue weighted by molar-refractivity contribution is -0.145. The molecule has 0 aromatic rings. The van der Waals surface area contributed by atoms with Gasteiger partial charge in [-0.15, -0.1) is 0 Å². The third-order valence-electron chi connectivity index (χ3n) is 5.25. The van der Waals surface area contributed by atoms with Gasteiger partial charge in [-0.1, -0.05) is 0 Å². The van der Waals surface area contributed by atoms with Crippen molar-refractivity contribution < 1.29 is 9.59 Å². The third kappa shape index (κ3) is 2.79. The summed E-state index contributed by atoms with van der Waals surface area (Å²) < 4.78 is 0. The van der Waals surface area contributed by atoms with Crippen molar-refractivity contribution in [2.75, 3.05) is 33.2 Å². The van der Waals surface area contributed by atoms with Gasteiger partial charge in [0.2, 0.25) is 11.8 Å². The number of nitrogens with zero attached hydrogens (tertiary/aromatic N) is 2. The molecular formula is C15H26N4O2. The molecule has 2 amide bonds. The molecule has 3 rings (SSSR count). The molecule has 118 valence electrons. The summed E-state index contributed by atoms with van der Waals surface area (Å²) in [5.41, 5.74) is 5.47. The molecule has 0 spiro atoms. The number of likely N-dealkylation sites (tertiary alicyclic amines) is 2. The van der Waals surface area contributed by atoms with Gasteiger partial charge in [-0.3, -0.25) is 9.59 Å². The van der Waals surface area contributed by atoms with Gasteiger partial charge >= 0.3 is 0 Å². The number of nitrogens with one attached hydrogen (secondary N) is 1. The zero-order valence-electron chi connectivity index (χ0n) is 12.8. The van der Waals surface area contributed by atoms with Crippen LogP contribution in [-0.2, 0) is 9.59 Å². The number of carbonyl (C=O) groups excluding carboxylic acids is 2. The Kier molecular flexibility index (Phi) is 3.92. The molecule has 2 atom stereocenters. The van der Waals surface area contributed by atoms with Crippen molar-refractivity contribution in [1.82, 2.24) is 15.1 Å². The lowest BCUT2D eigenvalue weighted by Crippen LogP contribution is -2.59. The molecule has 2 heterocycles. The minimum atomic E-state index is -0.566. The van der Waals surface area contributed by atoms with E-state index in [9.17, 15) is 9.59 Å². The predicted molar refractivity (Wildman–Crippen MR) is 79.5 cm³/mol. The fraction of sp³-hybridized carbons (Fsp3) is 0.867. The Morgan fingerprint density at radius 1 is 1.43 bits per heavy atom.